The maximum absolute atomic E-state index is 12.3. The van der Waals surface area contributed by atoms with Gasteiger partial charge in [-0.1, -0.05) is 12.1 Å². The Morgan fingerprint density at radius 2 is 2.00 bits per heavy atom. The first-order valence-corrected chi connectivity index (χ1v) is 7.09. The molecule has 0 saturated heterocycles. The van der Waals surface area contributed by atoms with E-state index in [-0.39, 0.29) is 17.9 Å². The molecule has 1 aromatic carbocycles. The third kappa shape index (κ3) is 3.08. The minimum absolute atomic E-state index is 0.0180. The lowest BCUT2D eigenvalue weighted by molar-refractivity contribution is -0.116. The molecule has 1 amide bonds. The standard InChI is InChI=1S/C16H15N5O2/c1-10-7-17-11(2)16(19-10)20-15(23)9-21-13-6-4-3-5-12(13)14(22)8-18-21/h3-8H,9H2,1-2H3,(H,19,20,23). The van der Waals surface area contributed by atoms with Gasteiger partial charge in [0.1, 0.15) is 6.54 Å². The van der Waals surface area contributed by atoms with Crippen molar-refractivity contribution >= 4 is 22.6 Å². The number of hydrogen-bond acceptors (Lipinski definition) is 5. The Morgan fingerprint density at radius 3 is 2.83 bits per heavy atom. The van der Waals surface area contributed by atoms with Crippen molar-refractivity contribution in [3.8, 4) is 0 Å². The van der Waals surface area contributed by atoms with Gasteiger partial charge in [0, 0.05) is 11.6 Å². The Balaban J connectivity index is 1.88. The van der Waals surface area contributed by atoms with Crippen molar-refractivity contribution in [2.24, 2.45) is 0 Å². The van der Waals surface area contributed by atoms with Crippen LogP contribution in [-0.2, 0) is 11.3 Å². The molecule has 0 aliphatic rings. The largest absolute Gasteiger partial charge is 0.308 e. The van der Waals surface area contributed by atoms with E-state index in [9.17, 15) is 9.59 Å². The highest BCUT2D eigenvalue weighted by atomic mass is 16.2. The summed E-state index contributed by atoms with van der Waals surface area (Å²) in [4.78, 5) is 32.5. The molecule has 116 valence electrons. The van der Waals surface area contributed by atoms with Gasteiger partial charge in [-0.25, -0.2) is 4.98 Å². The van der Waals surface area contributed by atoms with Crippen molar-refractivity contribution in [3.05, 3.63) is 58.3 Å². The van der Waals surface area contributed by atoms with Gasteiger partial charge in [-0.3, -0.25) is 19.3 Å². The average Bonchev–Trinajstić information content (AvgIpc) is 2.54. The molecule has 0 bridgehead atoms. The molecule has 3 rings (SSSR count). The molecule has 1 N–H and O–H groups in total. The molecule has 0 saturated carbocycles. The summed E-state index contributed by atoms with van der Waals surface area (Å²) in [5.74, 6) is 0.148. The van der Waals surface area contributed by atoms with Crippen LogP contribution in [0.5, 0.6) is 0 Å². The van der Waals surface area contributed by atoms with Crippen molar-refractivity contribution in [2.45, 2.75) is 20.4 Å². The number of nitrogens with zero attached hydrogens (tertiary/aromatic N) is 4. The number of rotatable bonds is 3. The van der Waals surface area contributed by atoms with Gasteiger partial charge in [-0.05, 0) is 26.0 Å². The minimum Gasteiger partial charge on any atom is -0.308 e. The quantitative estimate of drug-likeness (QED) is 0.790. The van der Waals surface area contributed by atoms with Crippen LogP contribution in [0.4, 0.5) is 5.82 Å². The molecule has 3 aromatic rings. The first-order valence-electron chi connectivity index (χ1n) is 7.09. The number of carbonyl (C=O) groups is 1. The Morgan fingerprint density at radius 1 is 1.22 bits per heavy atom. The average molecular weight is 309 g/mol. The first-order chi connectivity index (χ1) is 11.0. The van der Waals surface area contributed by atoms with E-state index in [0.29, 0.717) is 22.4 Å². The van der Waals surface area contributed by atoms with Crippen LogP contribution in [0.1, 0.15) is 11.4 Å². The summed E-state index contributed by atoms with van der Waals surface area (Å²) in [5, 5.41) is 7.29. The maximum atomic E-state index is 12.3. The van der Waals surface area contributed by atoms with Crippen LogP contribution in [0.15, 0.2) is 41.5 Å². The molecule has 0 aliphatic carbocycles. The van der Waals surface area contributed by atoms with Crippen LogP contribution in [0.2, 0.25) is 0 Å². The van der Waals surface area contributed by atoms with Crippen LogP contribution < -0.4 is 10.7 Å². The number of hydrogen-bond donors (Lipinski definition) is 1. The van der Waals surface area contributed by atoms with Gasteiger partial charge in [0.15, 0.2) is 5.82 Å². The molecule has 0 fully saturated rings. The van der Waals surface area contributed by atoms with Crippen LogP contribution in [0, 0.1) is 13.8 Å². The fourth-order valence-electron chi connectivity index (χ4n) is 2.25. The highest BCUT2D eigenvalue weighted by Crippen LogP contribution is 2.10. The van der Waals surface area contributed by atoms with Crippen molar-refractivity contribution in [1.82, 2.24) is 19.7 Å². The summed E-state index contributed by atoms with van der Waals surface area (Å²) in [6, 6.07) is 7.05. The summed E-state index contributed by atoms with van der Waals surface area (Å²) in [7, 11) is 0. The zero-order valence-corrected chi connectivity index (χ0v) is 12.8. The summed E-state index contributed by atoms with van der Waals surface area (Å²) >= 11 is 0. The van der Waals surface area contributed by atoms with E-state index in [0.717, 1.165) is 5.69 Å². The van der Waals surface area contributed by atoms with E-state index in [1.54, 1.807) is 44.3 Å². The van der Waals surface area contributed by atoms with Gasteiger partial charge in [-0.2, -0.15) is 5.10 Å². The molecule has 23 heavy (non-hydrogen) atoms. The number of para-hydroxylation sites is 1. The number of aryl methyl sites for hydroxylation is 2. The number of carbonyl (C=O) groups excluding carboxylic acids is 1. The number of fused-ring (bicyclic) bond motifs is 1. The molecule has 0 radical (unpaired) electrons. The lowest BCUT2D eigenvalue weighted by atomic mass is 10.2. The van der Waals surface area contributed by atoms with Gasteiger partial charge < -0.3 is 5.32 Å². The van der Waals surface area contributed by atoms with Crippen LogP contribution in [-0.4, -0.2) is 25.7 Å². The number of benzene rings is 1. The molecule has 2 aromatic heterocycles. The van der Waals surface area contributed by atoms with E-state index in [2.05, 4.69) is 20.4 Å². The second-order valence-electron chi connectivity index (χ2n) is 5.18. The molecule has 2 heterocycles. The lowest BCUT2D eigenvalue weighted by Crippen LogP contribution is -2.23. The van der Waals surface area contributed by atoms with Crippen LogP contribution in [0.3, 0.4) is 0 Å². The molecule has 0 unspecified atom stereocenters. The van der Waals surface area contributed by atoms with Crippen molar-refractivity contribution < 1.29 is 4.79 Å². The predicted octanol–water partition coefficient (Wildman–Crippen LogP) is 1.44. The summed E-state index contributed by atoms with van der Waals surface area (Å²) < 4.78 is 1.49. The molecular formula is C16H15N5O2. The minimum atomic E-state index is -0.283. The third-order valence-corrected chi connectivity index (χ3v) is 3.39. The molecule has 0 atom stereocenters. The second-order valence-corrected chi connectivity index (χ2v) is 5.18. The van der Waals surface area contributed by atoms with Gasteiger partial charge in [0.05, 0.1) is 23.1 Å². The molecule has 0 aliphatic heterocycles. The van der Waals surface area contributed by atoms with E-state index >= 15 is 0 Å². The van der Waals surface area contributed by atoms with Gasteiger partial charge in [-0.15, -0.1) is 0 Å². The van der Waals surface area contributed by atoms with Gasteiger partial charge >= 0.3 is 0 Å². The van der Waals surface area contributed by atoms with E-state index in [1.807, 2.05) is 0 Å². The fourth-order valence-corrected chi connectivity index (χ4v) is 2.25. The zero-order valence-electron chi connectivity index (χ0n) is 12.8. The van der Waals surface area contributed by atoms with Crippen molar-refractivity contribution in [2.75, 3.05) is 5.32 Å². The number of amides is 1. The normalized spacial score (nSPS) is 10.7. The monoisotopic (exact) mass is 309 g/mol. The molecule has 0 spiro atoms. The second kappa shape index (κ2) is 5.96. The zero-order chi connectivity index (χ0) is 16.4. The number of aromatic nitrogens is 4. The van der Waals surface area contributed by atoms with Crippen molar-refractivity contribution in [3.63, 3.8) is 0 Å². The predicted molar refractivity (Wildman–Crippen MR) is 86.1 cm³/mol. The number of nitrogens with one attached hydrogen (secondary N) is 1. The van der Waals surface area contributed by atoms with Crippen molar-refractivity contribution in [1.29, 1.82) is 0 Å². The Hall–Kier alpha value is -3.09. The Labute approximate surface area is 132 Å². The molecule has 7 heteroatoms. The maximum Gasteiger partial charge on any atom is 0.247 e. The smallest absolute Gasteiger partial charge is 0.247 e. The SMILES string of the molecule is Cc1cnc(C)c(NC(=O)Cn2ncc(=O)c3ccccc32)n1. The Bertz CT molecular complexity index is 949. The van der Waals surface area contributed by atoms with E-state index < -0.39 is 0 Å². The lowest BCUT2D eigenvalue weighted by Gasteiger charge is -2.10. The topological polar surface area (TPSA) is 89.8 Å². The molecular weight excluding hydrogens is 294 g/mol. The highest BCUT2D eigenvalue weighted by molar-refractivity contribution is 5.91. The summed E-state index contributed by atoms with van der Waals surface area (Å²) in [5.41, 5.74) is 1.80. The van der Waals surface area contributed by atoms with Crippen LogP contribution in [0.25, 0.3) is 10.9 Å². The number of anilines is 1. The highest BCUT2D eigenvalue weighted by Gasteiger charge is 2.10. The van der Waals surface area contributed by atoms with E-state index in [4.69, 9.17) is 0 Å². The summed E-state index contributed by atoms with van der Waals surface area (Å²) in [6.07, 6.45) is 2.86. The van der Waals surface area contributed by atoms with Crippen LogP contribution >= 0.6 is 0 Å². The fraction of sp³-hybridized carbons (Fsp3) is 0.188. The third-order valence-electron chi connectivity index (χ3n) is 3.39. The molecule has 7 nitrogen and oxygen atoms in total. The van der Waals surface area contributed by atoms with Gasteiger partial charge in [0.25, 0.3) is 0 Å². The Kier molecular flexibility index (Phi) is 3.84. The van der Waals surface area contributed by atoms with Gasteiger partial charge in [0.2, 0.25) is 11.3 Å². The summed E-state index contributed by atoms with van der Waals surface area (Å²) in [6.45, 7) is 3.56. The van der Waals surface area contributed by atoms with E-state index in [1.165, 1.54) is 10.9 Å². The first kappa shape index (κ1) is 14.8.